The first-order valence-electron chi connectivity index (χ1n) is 5.67. The van der Waals surface area contributed by atoms with Crippen molar-refractivity contribution in [2.24, 2.45) is 0 Å². The number of ether oxygens (including phenoxy) is 1. The van der Waals surface area contributed by atoms with Crippen molar-refractivity contribution in [3.63, 3.8) is 0 Å². The minimum Gasteiger partial charge on any atom is -0.469 e. The Bertz CT molecular complexity index is 557. The highest BCUT2D eigenvalue weighted by atomic mass is 35.5. The van der Waals surface area contributed by atoms with Crippen LogP contribution in [0.2, 0.25) is 5.02 Å². The lowest BCUT2D eigenvalue weighted by Gasteiger charge is -2.08. The number of carbonyl (C=O) groups excluding carboxylic acids is 1. The van der Waals surface area contributed by atoms with Gasteiger partial charge >= 0.3 is 5.97 Å². The van der Waals surface area contributed by atoms with Crippen LogP contribution in [-0.4, -0.2) is 27.2 Å². The third-order valence-electron chi connectivity index (χ3n) is 2.47. The molecule has 1 aromatic carbocycles. The van der Waals surface area contributed by atoms with Gasteiger partial charge in [-0.25, -0.2) is 8.42 Å². The lowest BCUT2D eigenvalue weighted by atomic mass is 10.2. The molecule has 0 aliphatic heterocycles. The predicted octanol–water partition coefficient (Wildman–Crippen LogP) is 2.34. The molecule has 0 fully saturated rings. The fraction of sp³-hybridized carbons (Fsp3) is 0.417. The first kappa shape index (κ1) is 15.8. The van der Waals surface area contributed by atoms with Crippen molar-refractivity contribution in [1.29, 1.82) is 0 Å². The summed E-state index contributed by atoms with van der Waals surface area (Å²) in [4.78, 5) is 10.9. The van der Waals surface area contributed by atoms with Gasteiger partial charge in [0.1, 0.15) is 0 Å². The number of rotatable bonds is 6. The van der Waals surface area contributed by atoms with Crippen LogP contribution in [0, 0.1) is 6.92 Å². The van der Waals surface area contributed by atoms with Crippen LogP contribution < -0.4 is 4.72 Å². The van der Waals surface area contributed by atoms with Crippen molar-refractivity contribution >= 4 is 33.3 Å². The van der Waals surface area contributed by atoms with Crippen molar-refractivity contribution < 1.29 is 17.9 Å². The molecule has 0 aliphatic rings. The lowest BCUT2D eigenvalue weighted by Crippen LogP contribution is -2.17. The van der Waals surface area contributed by atoms with Crippen LogP contribution in [0.5, 0.6) is 0 Å². The summed E-state index contributed by atoms with van der Waals surface area (Å²) in [5.74, 6) is -0.568. The van der Waals surface area contributed by atoms with Gasteiger partial charge in [0.05, 0.1) is 12.9 Å². The van der Waals surface area contributed by atoms with Gasteiger partial charge in [-0.1, -0.05) is 17.7 Å². The SMILES string of the molecule is COC(=O)CCCS(=O)(=O)Nc1ccc(C)c(Cl)c1. The van der Waals surface area contributed by atoms with E-state index in [1.807, 2.05) is 6.92 Å². The average molecular weight is 306 g/mol. The zero-order valence-corrected chi connectivity index (χ0v) is 12.3. The molecule has 5 nitrogen and oxygen atoms in total. The Morgan fingerprint density at radius 1 is 1.42 bits per heavy atom. The molecule has 1 N–H and O–H groups in total. The van der Waals surface area contributed by atoms with E-state index in [9.17, 15) is 13.2 Å². The first-order chi connectivity index (χ1) is 8.84. The van der Waals surface area contributed by atoms with Crippen LogP contribution >= 0.6 is 11.6 Å². The first-order valence-corrected chi connectivity index (χ1v) is 7.70. The maximum absolute atomic E-state index is 11.8. The number of nitrogens with one attached hydrogen (secondary N) is 1. The summed E-state index contributed by atoms with van der Waals surface area (Å²) in [7, 11) is -2.22. The monoisotopic (exact) mass is 305 g/mol. The van der Waals surface area contributed by atoms with E-state index in [4.69, 9.17) is 11.6 Å². The molecule has 0 atom stereocenters. The van der Waals surface area contributed by atoms with Gasteiger partial charge in [0.25, 0.3) is 0 Å². The number of esters is 1. The second-order valence-electron chi connectivity index (χ2n) is 4.06. The molecular weight excluding hydrogens is 290 g/mol. The van der Waals surface area contributed by atoms with Crippen molar-refractivity contribution in [1.82, 2.24) is 0 Å². The molecule has 0 spiro atoms. The summed E-state index contributed by atoms with van der Waals surface area (Å²) in [6.45, 7) is 1.83. The second-order valence-corrected chi connectivity index (χ2v) is 6.31. The van der Waals surface area contributed by atoms with E-state index in [0.29, 0.717) is 10.7 Å². The van der Waals surface area contributed by atoms with Gasteiger partial charge in [-0.05, 0) is 31.0 Å². The molecule has 19 heavy (non-hydrogen) atoms. The molecule has 0 unspecified atom stereocenters. The summed E-state index contributed by atoms with van der Waals surface area (Å²) < 4.78 is 30.4. The highest BCUT2D eigenvalue weighted by Gasteiger charge is 2.12. The van der Waals surface area contributed by atoms with Crippen molar-refractivity contribution in [3.8, 4) is 0 Å². The number of aryl methyl sites for hydroxylation is 1. The highest BCUT2D eigenvalue weighted by Crippen LogP contribution is 2.20. The quantitative estimate of drug-likeness (QED) is 0.819. The van der Waals surface area contributed by atoms with E-state index in [1.165, 1.54) is 7.11 Å². The van der Waals surface area contributed by atoms with Gasteiger partial charge in [0, 0.05) is 17.1 Å². The van der Waals surface area contributed by atoms with E-state index in [0.717, 1.165) is 5.56 Å². The Labute approximate surface area is 118 Å². The summed E-state index contributed by atoms with van der Waals surface area (Å²) in [6.07, 6.45) is 0.285. The molecule has 0 aromatic heterocycles. The average Bonchev–Trinajstić information content (AvgIpc) is 2.33. The number of hydrogen-bond donors (Lipinski definition) is 1. The van der Waals surface area contributed by atoms with E-state index in [1.54, 1.807) is 18.2 Å². The zero-order valence-electron chi connectivity index (χ0n) is 10.8. The summed E-state index contributed by atoms with van der Waals surface area (Å²) >= 11 is 5.91. The Morgan fingerprint density at radius 2 is 2.11 bits per heavy atom. The van der Waals surface area contributed by atoms with Gasteiger partial charge in [-0.2, -0.15) is 0 Å². The Balaban J connectivity index is 2.59. The molecule has 0 amide bonds. The topological polar surface area (TPSA) is 72.5 Å². The van der Waals surface area contributed by atoms with Gasteiger partial charge in [-0.3, -0.25) is 9.52 Å². The van der Waals surface area contributed by atoms with Crippen LogP contribution in [0.25, 0.3) is 0 Å². The molecule has 0 aliphatic carbocycles. The van der Waals surface area contributed by atoms with Crippen molar-refractivity contribution in [2.75, 3.05) is 17.6 Å². The number of carbonyl (C=O) groups is 1. The maximum Gasteiger partial charge on any atom is 0.305 e. The number of benzene rings is 1. The number of methoxy groups -OCH3 is 1. The van der Waals surface area contributed by atoms with Crippen LogP contribution in [0.1, 0.15) is 18.4 Å². The van der Waals surface area contributed by atoms with Crippen molar-refractivity contribution in [3.05, 3.63) is 28.8 Å². The zero-order chi connectivity index (χ0) is 14.5. The number of sulfonamides is 1. The van der Waals surface area contributed by atoms with E-state index in [2.05, 4.69) is 9.46 Å². The predicted molar refractivity (Wildman–Crippen MR) is 74.8 cm³/mol. The molecule has 1 rings (SSSR count). The van der Waals surface area contributed by atoms with Gasteiger partial charge in [0.15, 0.2) is 0 Å². The molecule has 0 radical (unpaired) electrons. The largest absolute Gasteiger partial charge is 0.469 e. The minimum absolute atomic E-state index is 0.0755. The number of halogens is 1. The maximum atomic E-state index is 11.8. The van der Waals surface area contributed by atoms with Crippen LogP contribution in [0.3, 0.4) is 0 Å². The highest BCUT2D eigenvalue weighted by molar-refractivity contribution is 7.92. The molecule has 0 bridgehead atoms. The molecule has 1 aromatic rings. The third-order valence-corrected chi connectivity index (χ3v) is 4.25. The van der Waals surface area contributed by atoms with Gasteiger partial charge < -0.3 is 4.74 Å². The molecule has 0 saturated carbocycles. The molecule has 0 saturated heterocycles. The number of hydrogen-bond acceptors (Lipinski definition) is 4. The van der Waals surface area contributed by atoms with Gasteiger partial charge in [-0.15, -0.1) is 0 Å². The van der Waals surface area contributed by atoms with Crippen LogP contribution in [-0.2, 0) is 19.6 Å². The molecule has 0 heterocycles. The van der Waals surface area contributed by atoms with Crippen LogP contribution in [0.4, 0.5) is 5.69 Å². The smallest absolute Gasteiger partial charge is 0.305 e. The lowest BCUT2D eigenvalue weighted by molar-refractivity contribution is -0.140. The Morgan fingerprint density at radius 3 is 2.68 bits per heavy atom. The fourth-order valence-electron chi connectivity index (χ4n) is 1.40. The standard InChI is InChI=1S/C12H16ClNO4S/c1-9-5-6-10(8-11(9)13)14-19(16,17)7-3-4-12(15)18-2/h5-6,8,14H,3-4,7H2,1-2H3. The van der Waals surface area contributed by atoms with E-state index >= 15 is 0 Å². The van der Waals surface area contributed by atoms with Crippen LogP contribution in [0.15, 0.2) is 18.2 Å². The third kappa shape index (κ3) is 5.48. The molecular formula is C12H16ClNO4S. The van der Waals surface area contributed by atoms with Gasteiger partial charge in [0.2, 0.25) is 10.0 Å². The molecule has 106 valence electrons. The summed E-state index contributed by atoms with van der Waals surface area (Å²) in [6, 6.07) is 4.92. The van der Waals surface area contributed by atoms with E-state index in [-0.39, 0.29) is 18.6 Å². The summed E-state index contributed by atoms with van der Waals surface area (Å²) in [5.41, 5.74) is 1.28. The Kier molecular flexibility index (Phi) is 5.62. The second kappa shape index (κ2) is 6.77. The normalized spacial score (nSPS) is 11.1. The summed E-state index contributed by atoms with van der Waals surface area (Å²) in [5, 5.41) is 0.495. The molecule has 7 heteroatoms. The fourth-order valence-corrected chi connectivity index (χ4v) is 2.69. The van der Waals surface area contributed by atoms with E-state index < -0.39 is 16.0 Å². The minimum atomic E-state index is -3.48. The number of anilines is 1. The Hall–Kier alpha value is -1.27. The van der Waals surface area contributed by atoms with Crippen molar-refractivity contribution in [2.45, 2.75) is 19.8 Å².